The fraction of sp³-hybridized carbons (Fsp3) is 0.276. The minimum Gasteiger partial charge on any atom is -0.508 e. The Morgan fingerprint density at radius 1 is 0.833 bits per heavy atom. The van der Waals surface area contributed by atoms with E-state index < -0.39 is 0 Å². The van der Waals surface area contributed by atoms with Crippen LogP contribution < -0.4 is 10.2 Å². The Labute approximate surface area is 216 Å². The zero-order valence-electron chi connectivity index (χ0n) is 20.1. The maximum absolute atomic E-state index is 9.69. The zero-order chi connectivity index (χ0) is 24.9. The molecule has 0 amide bonds. The quantitative estimate of drug-likeness (QED) is 0.288. The van der Waals surface area contributed by atoms with Gasteiger partial charge in [0.15, 0.2) is 0 Å². The van der Waals surface area contributed by atoms with Crippen molar-refractivity contribution in [3.8, 4) is 11.5 Å². The second-order valence-electron chi connectivity index (χ2n) is 9.24. The lowest BCUT2D eigenvalue weighted by Crippen LogP contribution is -2.47. The van der Waals surface area contributed by atoms with E-state index in [0.29, 0.717) is 5.02 Å². The molecule has 0 radical (unpaired) electrons. The Morgan fingerprint density at radius 3 is 2.11 bits per heavy atom. The number of aromatic nitrogens is 1. The van der Waals surface area contributed by atoms with Crippen LogP contribution in [0.5, 0.6) is 11.5 Å². The molecular formula is C29H31ClN4O2. The van der Waals surface area contributed by atoms with Crippen LogP contribution in [0.15, 0.2) is 79.0 Å². The number of phenols is 2. The molecule has 3 aromatic carbocycles. The smallest absolute Gasteiger partial charge is 0.115 e. The average Bonchev–Trinajstić information content (AvgIpc) is 2.90. The summed E-state index contributed by atoms with van der Waals surface area (Å²) < 4.78 is 0. The van der Waals surface area contributed by atoms with E-state index in [-0.39, 0.29) is 17.5 Å². The lowest BCUT2D eigenvalue weighted by atomic mass is 9.98. The fourth-order valence-electron chi connectivity index (χ4n) is 4.91. The standard InChI is InChI=1S/C29H31ClN4O2/c30-23-6-11-26-27(20-23)31-14-12-28(26)34-18-16-33(17-19-34)15-1-13-32-29(21-2-7-24(35)8-3-21)22-4-9-25(36)10-5-22/h2-12,14,20,29,32,35-36H,1,13,15-19H2. The second kappa shape index (κ2) is 11.2. The zero-order valence-corrected chi connectivity index (χ0v) is 20.9. The predicted molar refractivity (Wildman–Crippen MR) is 146 cm³/mol. The summed E-state index contributed by atoms with van der Waals surface area (Å²) in [7, 11) is 0. The van der Waals surface area contributed by atoms with Crippen LogP contribution in [0, 0.1) is 0 Å². The van der Waals surface area contributed by atoms with E-state index in [1.54, 1.807) is 24.3 Å². The van der Waals surface area contributed by atoms with E-state index in [2.05, 4.69) is 32.2 Å². The molecule has 1 aromatic heterocycles. The first-order valence-electron chi connectivity index (χ1n) is 12.4. The van der Waals surface area contributed by atoms with Crippen molar-refractivity contribution in [1.82, 2.24) is 15.2 Å². The number of rotatable bonds is 8. The maximum Gasteiger partial charge on any atom is 0.115 e. The number of halogens is 1. The minimum absolute atomic E-state index is 0.00322. The first-order valence-corrected chi connectivity index (χ1v) is 12.8. The summed E-state index contributed by atoms with van der Waals surface area (Å²) in [6.07, 6.45) is 2.90. The lowest BCUT2D eigenvalue weighted by molar-refractivity contribution is 0.253. The number of hydrogen-bond donors (Lipinski definition) is 3. The second-order valence-corrected chi connectivity index (χ2v) is 9.68. The number of piperazine rings is 1. The number of aromatic hydroxyl groups is 2. The van der Waals surface area contributed by atoms with Gasteiger partial charge in [-0.2, -0.15) is 0 Å². The molecule has 0 unspecified atom stereocenters. The predicted octanol–water partition coefficient (Wildman–Crippen LogP) is 5.19. The average molecular weight is 503 g/mol. The molecule has 0 aliphatic carbocycles. The number of pyridine rings is 1. The van der Waals surface area contributed by atoms with Crippen LogP contribution in [-0.2, 0) is 0 Å². The van der Waals surface area contributed by atoms with Gasteiger partial charge in [-0.05, 0) is 79.2 Å². The van der Waals surface area contributed by atoms with E-state index in [0.717, 1.165) is 67.7 Å². The first kappa shape index (κ1) is 24.4. The molecule has 3 N–H and O–H groups in total. The van der Waals surface area contributed by atoms with Gasteiger partial charge in [-0.3, -0.25) is 9.88 Å². The van der Waals surface area contributed by atoms with Crippen molar-refractivity contribution in [2.75, 3.05) is 44.2 Å². The molecule has 5 rings (SSSR count). The highest BCUT2D eigenvalue weighted by atomic mass is 35.5. The Hall–Kier alpha value is -3.32. The van der Waals surface area contributed by atoms with Crippen molar-refractivity contribution in [3.05, 3.63) is 95.1 Å². The summed E-state index contributed by atoms with van der Waals surface area (Å²) >= 11 is 6.15. The molecule has 1 aliphatic rings. The van der Waals surface area contributed by atoms with Crippen LogP contribution in [0.2, 0.25) is 5.02 Å². The SMILES string of the molecule is Oc1ccc(C(NCCCN2CCN(c3ccnc4cc(Cl)ccc34)CC2)c2ccc(O)cc2)cc1. The molecule has 0 bridgehead atoms. The number of fused-ring (bicyclic) bond motifs is 1. The summed E-state index contributed by atoms with van der Waals surface area (Å²) in [4.78, 5) is 9.44. The van der Waals surface area contributed by atoms with Gasteiger partial charge < -0.3 is 20.4 Å². The van der Waals surface area contributed by atoms with E-state index in [9.17, 15) is 10.2 Å². The molecule has 7 heteroatoms. The van der Waals surface area contributed by atoms with Crippen LogP contribution in [0.25, 0.3) is 10.9 Å². The normalized spacial score (nSPS) is 14.6. The van der Waals surface area contributed by atoms with Crippen LogP contribution in [0.1, 0.15) is 23.6 Å². The number of nitrogens with zero attached hydrogens (tertiary/aromatic N) is 3. The van der Waals surface area contributed by atoms with Crippen molar-refractivity contribution >= 4 is 28.2 Å². The highest BCUT2D eigenvalue weighted by Gasteiger charge is 2.19. The van der Waals surface area contributed by atoms with Crippen molar-refractivity contribution in [3.63, 3.8) is 0 Å². The van der Waals surface area contributed by atoms with Crippen molar-refractivity contribution in [2.24, 2.45) is 0 Å². The molecule has 0 atom stereocenters. The Balaban J connectivity index is 1.15. The van der Waals surface area contributed by atoms with Gasteiger partial charge in [0.2, 0.25) is 0 Å². The van der Waals surface area contributed by atoms with Gasteiger partial charge in [0, 0.05) is 48.5 Å². The van der Waals surface area contributed by atoms with Gasteiger partial charge in [0.05, 0.1) is 11.6 Å². The summed E-state index contributed by atoms with van der Waals surface area (Å²) in [6.45, 7) is 5.92. The third kappa shape index (κ3) is 5.73. The molecule has 186 valence electrons. The molecule has 0 saturated carbocycles. The third-order valence-electron chi connectivity index (χ3n) is 6.85. The highest BCUT2D eigenvalue weighted by molar-refractivity contribution is 6.31. The van der Waals surface area contributed by atoms with Crippen molar-refractivity contribution < 1.29 is 10.2 Å². The monoisotopic (exact) mass is 502 g/mol. The van der Waals surface area contributed by atoms with E-state index in [1.807, 2.05) is 42.6 Å². The molecule has 2 heterocycles. The third-order valence-corrected chi connectivity index (χ3v) is 7.08. The van der Waals surface area contributed by atoms with Crippen LogP contribution in [-0.4, -0.2) is 59.4 Å². The first-order chi connectivity index (χ1) is 17.6. The molecule has 36 heavy (non-hydrogen) atoms. The van der Waals surface area contributed by atoms with Crippen LogP contribution in [0.4, 0.5) is 5.69 Å². The number of anilines is 1. The Morgan fingerprint density at radius 2 is 1.47 bits per heavy atom. The summed E-state index contributed by atoms with van der Waals surface area (Å²) in [5.74, 6) is 0.511. The minimum atomic E-state index is -0.00322. The largest absolute Gasteiger partial charge is 0.508 e. The molecule has 1 aliphatic heterocycles. The summed E-state index contributed by atoms with van der Waals surface area (Å²) in [5.41, 5.74) is 4.32. The van der Waals surface area contributed by atoms with Gasteiger partial charge in [-0.25, -0.2) is 0 Å². The fourth-order valence-corrected chi connectivity index (χ4v) is 5.07. The molecule has 1 fully saturated rings. The molecular weight excluding hydrogens is 472 g/mol. The van der Waals surface area contributed by atoms with Crippen molar-refractivity contribution in [2.45, 2.75) is 12.5 Å². The van der Waals surface area contributed by atoms with Gasteiger partial charge >= 0.3 is 0 Å². The maximum atomic E-state index is 9.69. The van der Waals surface area contributed by atoms with Gasteiger partial charge in [0.1, 0.15) is 11.5 Å². The number of phenolic OH excluding ortho intramolecular Hbond substituents is 2. The van der Waals surface area contributed by atoms with Crippen LogP contribution >= 0.6 is 11.6 Å². The molecule has 4 aromatic rings. The van der Waals surface area contributed by atoms with Gasteiger partial charge in [0.25, 0.3) is 0 Å². The van der Waals surface area contributed by atoms with Crippen LogP contribution in [0.3, 0.4) is 0 Å². The summed E-state index contributed by atoms with van der Waals surface area (Å²) in [6, 6.07) is 22.6. The van der Waals surface area contributed by atoms with E-state index in [4.69, 9.17) is 11.6 Å². The number of benzene rings is 3. The van der Waals surface area contributed by atoms with Gasteiger partial charge in [-0.1, -0.05) is 35.9 Å². The summed E-state index contributed by atoms with van der Waals surface area (Å²) in [5, 5.41) is 24.9. The molecule has 1 saturated heterocycles. The highest BCUT2D eigenvalue weighted by Crippen LogP contribution is 2.28. The Bertz CT molecular complexity index is 1240. The number of hydrogen-bond acceptors (Lipinski definition) is 6. The number of nitrogens with one attached hydrogen (secondary N) is 1. The molecule has 6 nitrogen and oxygen atoms in total. The Kier molecular flexibility index (Phi) is 7.56. The van der Waals surface area contributed by atoms with Gasteiger partial charge in [-0.15, -0.1) is 0 Å². The molecule has 0 spiro atoms. The van der Waals surface area contributed by atoms with E-state index >= 15 is 0 Å². The van der Waals surface area contributed by atoms with Crippen molar-refractivity contribution in [1.29, 1.82) is 0 Å². The lowest BCUT2D eigenvalue weighted by Gasteiger charge is -2.36. The van der Waals surface area contributed by atoms with E-state index in [1.165, 1.54) is 5.69 Å². The topological polar surface area (TPSA) is 71.9 Å².